The highest BCUT2D eigenvalue weighted by Crippen LogP contribution is 2.17. The summed E-state index contributed by atoms with van der Waals surface area (Å²) in [6.45, 7) is 3.66. The zero-order valence-corrected chi connectivity index (χ0v) is 11.8. The molecule has 19 heavy (non-hydrogen) atoms. The molecule has 1 N–H and O–H groups in total. The Morgan fingerprint density at radius 2 is 2.00 bits per heavy atom. The molecule has 0 aromatic carbocycles. The van der Waals surface area contributed by atoms with Crippen LogP contribution in [-0.2, 0) is 13.0 Å². The van der Waals surface area contributed by atoms with Crippen molar-refractivity contribution in [3.05, 3.63) is 47.8 Å². The summed E-state index contributed by atoms with van der Waals surface area (Å²) < 4.78 is 11.1. The number of likely N-dealkylation sites (N-methyl/N-ethyl adjacent to an activating group) is 1. The third-order valence-electron chi connectivity index (χ3n) is 3.20. The van der Waals surface area contributed by atoms with E-state index in [9.17, 15) is 0 Å². The molecule has 2 aromatic heterocycles. The smallest absolute Gasteiger partial charge is 0.122 e. The van der Waals surface area contributed by atoms with Crippen molar-refractivity contribution in [1.82, 2.24) is 10.2 Å². The minimum absolute atomic E-state index is 0.232. The molecule has 0 aliphatic heterocycles. The van der Waals surface area contributed by atoms with E-state index in [-0.39, 0.29) is 6.04 Å². The van der Waals surface area contributed by atoms with E-state index in [1.165, 1.54) is 0 Å². The third kappa shape index (κ3) is 3.72. The Morgan fingerprint density at radius 3 is 2.58 bits per heavy atom. The fourth-order valence-electron chi connectivity index (χ4n) is 2.06. The van der Waals surface area contributed by atoms with E-state index in [1.54, 1.807) is 6.26 Å². The highest BCUT2D eigenvalue weighted by atomic mass is 16.3. The van der Waals surface area contributed by atoms with Crippen LogP contribution in [0.5, 0.6) is 0 Å². The molecule has 0 saturated heterocycles. The predicted molar refractivity (Wildman–Crippen MR) is 74.9 cm³/mol. The van der Waals surface area contributed by atoms with E-state index in [0.717, 1.165) is 36.8 Å². The van der Waals surface area contributed by atoms with Gasteiger partial charge in [0.2, 0.25) is 0 Å². The lowest BCUT2D eigenvalue weighted by atomic mass is 10.2. The van der Waals surface area contributed by atoms with E-state index in [2.05, 4.69) is 31.2 Å². The van der Waals surface area contributed by atoms with Crippen molar-refractivity contribution < 1.29 is 8.83 Å². The monoisotopic (exact) mass is 262 g/mol. The van der Waals surface area contributed by atoms with Crippen LogP contribution in [0.2, 0.25) is 0 Å². The van der Waals surface area contributed by atoms with E-state index in [1.807, 2.05) is 24.3 Å². The van der Waals surface area contributed by atoms with Gasteiger partial charge in [-0.25, -0.2) is 0 Å². The lowest BCUT2D eigenvalue weighted by Gasteiger charge is -2.22. The van der Waals surface area contributed by atoms with Gasteiger partial charge in [-0.15, -0.1) is 0 Å². The summed E-state index contributed by atoms with van der Waals surface area (Å²) in [6.07, 6.45) is 2.65. The molecule has 0 fully saturated rings. The van der Waals surface area contributed by atoms with Gasteiger partial charge in [-0.05, 0) is 38.4 Å². The fourth-order valence-corrected chi connectivity index (χ4v) is 2.06. The average molecular weight is 262 g/mol. The lowest BCUT2D eigenvalue weighted by Crippen LogP contribution is -2.30. The molecule has 4 heteroatoms. The van der Waals surface area contributed by atoms with E-state index >= 15 is 0 Å². The maximum absolute atomic E-state index is 5.67. The first-order chi connectivity index (χ1) is 9.20. The summed E-state index contributed by atoms with van der Waals surface area (Å²) in [4.78, 5) is 2.14. The van der Waals surface area contributed by atoms with Crippen LogP contribution in [0, 0.1) is 0 Å². The maximum Gasteiger partial charge on any atom is 0.122 e. The summed E-state index contributed by atoms with van der Waals surface area (Å²) >= 11 is 0. The van der Waals surface area contributed by atoms with Gasteiger partial charge in [-0.3, -0.25) is 4.90 Å². The van der Waals surface area contributed by atoms with Crippen molar-refractivity contribution in [2.24, 2.45) is 0 Å². The normalized spacial score (nSPS) is 13.1. The minimum atomic E-state index is 0.232. The second kappa shape index (κ2) is 6.59. The molecule has 0 amide bonds. The Bertz CT molecular complexity index is 474. The summed E-state index contributed by atoms with van der Waals surface area (Å²) in [5.74, 6) is 2.99. The summed E-state index contributed by atoms with van der Waals surface area (Å²) in [6, 6.07) is 8.23. The quantitative estimate of drug-likeness (QED) is 0.833. The van der Waals surface area contributed by atoms with Gasteiger partial charge in [-0.1, -0.05) is 6.92 Å². The van der Waals surface area contributed by atoms with Crippen LogP contribution in [0.3, 0.4) is 0 Å². The first-order valence-corrected chi connectivity index (χ1v) is 6.68. The molecule has 4 nitrogen and oxygen atoms in total. The van der Waals surface area contributed by atoms with Crippen LogP contribution in [0.4, 0.5) is 0 Å². The van der Waals surface area contributed by atoms with Crippen LogP contribution < -0.4 is 5.32 Å². The van der Waals surface area contributed by atoms with Gasteiger partial charge in [0.25, 0.3) is 0 Å². The number of furan rings is 2. The predicted octanol–water partition coefficient (Wildman–Crippen LogP) is 2.83. The summed E-state index contributed by atoms with van der Waals surface area (Å²) in [5.41, 5.74) is 0. The molecule has 104 valence electrons. The second-order valence-electron chi connectivity index (χ2n) is 4.85. The maximum atomic E-state index is 5.67. The Kier molecular flexibility index (Phi) is 4.82. The van der Waals surface area contributed by atoms with Crippen molar-refractivity contribution in [1.29, 1.82) is 0 Å². The number of hydrogen-bond donors (Lipinski definition) is 1. The molecule has 2 heterocycles. The summed E-state index contributed by atoms with van der Waals surface area (Å²) in [5, 5.41) is 3.41. The van der Waals surface area contributed by atoms with Crippen LogP contribution in [0.15, 0.2) is 39.4 Å². The number of nitrogens with zero attached hydrogens (tertiary/aromatic N) is 1. The largest absolute Gasteiger partial charge is 0.468 e. The zero-order chi connectivity index (χ0) is 13.7. The molecule has 1 unspecified atom stereocenters. The van der Waals surface area contributed by atoms with Crippen LogP contribution in [-0.4, -0.2) is 25.5 Å². The Balaban J connectivity index is 1.86. The van der Waals surface area contributed by atoms with Crippen LogP contribution in [0.25, 0.3) is 0 Å². The third-order valence-corrected chi connectivity index (χ3v) is 3.20. The molecule has 0 saturated carbocycles. The van der Waals surface area contributed by atoms with Gasteiger partial charge >= 0.3 is 0 Å². The van der Waals surface area contributed by atoms with Crippen molar-refractivity contribution in [2.75, 3.05) is 20.6 Å². The summed E-state index contributed by atoms with van der Waals surface area (Å²) in [7, 11) is 4.11. The topological polar surface area (TPSA) is 41.6 Å². The van der Waals surface area contributed by atoms with E-state index in [0.29, 0.717) is 0 Å². The van der Waals surface area contributed by atoms with Gasteiger partial charge in [-0.2, -0.15) is 0 Å². The molecule has 0 bridgehead atoms. The molecule has 0 aliphatic carbocycles. The van der Waals surface area contributed by atoms with Crippen molar-refractivity contribution >= 4 is 0 Å². The van der Waals surface area contributed by atoms with Gasteiger partial charge in [0.1, 0.15) is 17.3 Å². The molecular weight excluding hydrogens is 240 g/mol. The van der Waals surface area contributed by atoms with Crippen molar-refractivity contribution in [3.63, 3.8) is 0 Å². The van der Waals surface area contributed by atoms with Crippen LogP contribution in [0.1, 0.15) is 30.2 Å². The molecular formula is C15H22N2O2. The Hall–Kier alpha value is -1.52. The number of aryl methyl sites for hydroxylation is 1. The van der Waals surface area contributed by atoms with Gasteiger partial charge in [0.05, 0.1) is 18.8 Å². The van der Waals surface area contributed by atoms with Crippen molar-refractivity contribution in [2.45, 2.75) is 25.9 Å². The van der Waals surface area contributed by atoms with E-state index < -0.39 is 0 Å². The van der Waals surface area contributed by atoms with Gasteiger partial charge in [0, 0.05) is 13.0 Å². The highest BCUT2D eigenvalue weighted by Gasteiger charge is 2.16. The van der Waals surface area contributed by atoms with Gasteiger partial charge < -0.3 is 14.2 Å². The molecule has 2 rings (SSSR count). The minimum Gasteiger partial charge on any atom is -0.468 e. The molecule has 0 aliphatic rings. The molecule has 0 radical (unpaired) electrons. The molecule has 2 aromatic rings. The highest BCUT2D eigenvalue weighted by molar-refractivity contribution is 5.08. The fraction of sp³-hybridized carbons (Fsp3) is 0.467. The zero-order valence-electron chi connectivity index (χ0n) is 11.8. The standard InChI is InChI=1S/C15H22N2O2/c1-4-12-7-8-13(19-12)10-16-11-14(17(2)3)15-6-5-9-18-15/h5-9,14,16H,4,10-11H2,1-3H3. The number of rotatable bonds is 7. The SMILES string of the molecule is CCc1ccc(CNCC(c2ccco2)N(C)C)o1. The van der Waals surface area contributed by atoms with Crippen LogP contribution >= 0.6 is 0 Å². The van der Waals surface area contributed by atoms with Gasteiger partial charge in [0.15, 0.2) is 0 Å². The lowest BCUT2D eigenvalue weighted by molar-refractivity contribution is 0.248. The van der Waals surface area contributed by atoms with E-state index in [4.69, 9.17) is 8.83 Å². The Labute approximate surface area is 114 Å². The number of hydrogen-bond acceptors (Lipinski definition) is 4. The second-order valence-corrected chi connectivity index (χ2v) is 4.85. The van der Waals surface area contributed by atoms with Crippen molar-refractivity contribution in [3.8, 4) is 0 Å². The first kappa shape index (κ1) is 13.9. The average Bonchev–Trinajstić information content (AvgIpc) is 3.05. The molecule has 0 spiro atoms. The number of nitrogens with one attached hydrogen (secondary N) is 1. The Morgan fingerprint density at radius 1 is 1.21 bits per heavy atom. The molecule has 1 atom stereocenters. The first-order valence-electron chi connectivity index (χ1n) is 6.68.